The molecule has 0 amide bonds. The molecule has 36 heavy (non-hydrogen) atoms. The molecule has 1 aliphatic rings. The molecule has 6 heteroatoms. The van der Waals surface area contributed by atoms with Crippen molar-refractivity contribution in [2.75, 3.05) is 13.2 Å². The molecule has 1 N–H and O–H groups in total. The third-order valence-electron chi connectivity index (χ3n) is 6.79. The number of carbonyl (C=O) groups is 2. The first-order valence-electron chi connectivity index (χ1n) is 13.2. The number of furan rings is 1. The number of aryl methyl sites for hydroxylation is 1. The molecule has 2 atom stereocenters. The first kappa shape index (κ1) is 28.0. The Morgan fingerprint density at radius 3 is 2.47 bits per heavy atom. The van der Waals surface area contributed by atoms with Crippen LogP contribution in [0.1, 0.15) is 71.6 Å². The topological polar surface area (TPSA) is 86.0 Å². The predicted molar refractivity (Wildman–Crippen MR) is 140 cm³/mol. The molecule has 2 aromatic rings. The minimum Gasteiger partial charge on any atom is -0.461 e. The number of fused-ring (bicyclic) bond motifs is 1. The molecule has 1 fully saturated rings. The molecule has 6 nitrogen and oxygen atoms in total. The van der Waals surface area contributed by atoms with Gasteiger partial charge in [0.25, 0.3) is 0 Å². The molecular formula is C30H42O6. The van der Waals surface area contributed by atoms with Crippen molar-refractivity contribution >= 4 is 22.9 Å². The number of cyclic esters (lactones) is 1. The number of allylic oxidation sites excluding steroid dienone is 1. The van der Waals surface area contributed by atoms with Gasteiger partial charge in [-0.3, -0.25) is 4.79 Å². The third kappa shape index (κ3) is 7.45. The predicted octanol–water partition coefficient (Wildman–Crippen LogP) is 6.17. The van der Waals surface area contributed by atoms with Crippen LogP contribution < -0.4 is 0 Å². The third-order valence-corrected chi connectivity index (χ3v) is 6.79. The van der Waals surface area contributed by atoms with E-state index in [1.165, 1.54) is 0 Å². The lowest BCUT2D eigenvalue weighted by Crippen LogP contribution is -2.40. The SMILES string of the molecule is Cc1ccc2oc(C[C@H](C)C(=O)OC[C@]3(CO)C/C(=C\CC(CC(C)C)CC(C)C)C(=O)O3)cc2c1. The molecule has 2 heterocycles. The smallest absolute Gasteiger partial charge is 0.334 e. The number of esters is 2. The molecule has 0 unspecified atom stereocenters. The Morgan fingerprint density at radius 1 is 1.14 bits per heavy atom. The van der Waals surface area contributed by atoms with Gasteiger partial charge in [0, 0.05) is 23.8 Å². The summed E-state index contributed by atoms with van der Waals surface area (Å²) < 4.78 is 16.9. The zero-order valence-corrected chi connectivity index (χ0v) is 22.6. The van der Waals surface area contributed by atoms with Gasteiger partial charge in [0.2, 0.25) is 0 Å². The second kappa shape index (κ2) is 12.1. The van der Waals surface area contributed by atoms with Crippen LogP contribution in [-0.2, 0) is 25.5 Å². The van der Waals surface area contributed by atoms with Crippen molar-refractivity contribution in [3.05, 3.63) is 47.2 Å². The summed E-state index contributed by atoms with van der Waals surface area (Å²) in [6, 6.07) is 7.91. The van der Waals surface area contributed by atoms with Gasteiger partial charge in [-0.05, 0) is 62.1 Å². The van der Waals surface area contributed by atoms with Crippen LogP contribution in [0, 0.1) is 30.6 Å². The number of ether oxygens (including phenoxy) is 2. The summed E-state index contributed by atoms with van der Waals surface area (Å²) in [5.41, 5.74) is 1.27. The van der Waals surface area contributed by atoms with E-state index in [0.717, 1.165) is 35.8 Å². The van der Waals surface area contributed by atoms with Gasteiger partial charge in [-0.25, -0.2) is 4.79 Å². The van der Waals surface area contributed by atoms with Gasteiger partial charge in [-0.15, -0.1) is 0 Å². The van der Waals surface area contributed by atoms with Crippen molar-refractivity contribution in [1.82, 2.24) is 0 Å². The van der Waals surface area contributed by atoms with Crippen LogP contribution in [0.4, 0.5) is 0 Å². The fourth-order valence-electron chi connectivity index (χ4n) is 5.07. The molecule has 0 radical (unpaired) electrons. The van der Waals surface area contributed by atoms with E-state index >= 15 is 0 Å². The number of hydrogen-bond donors (Lipinski definition) is 1. The second-order valence-corrected chi connectivity index (χ2v) is 11.5. The second-order valence-electron chi connectivity index (χ2n) is 11.5. The van der Waals surface area contributed by atoms with Gasteiger partial charge in [0.15, 0.2) is 5.60 Å². The molecule has 0 saturated carbocycles. The van der Waals surface area contributed by atoms with Crippen LogP contribution >= 0.6 is 0 Å². The lowest BCUT2D eigenvalue weighted by Gasteiger charge is -2.25. The van der Waals surface area contributed by atoms with Crippen molar-refractivity contribution in [2.24, 2.45) is 23.7 Å². The molecule has 0 aliphatic carbocycles. The van der Waals surface area contributed by atoms with E-state index in [4.69, 9.17) is 13.9 Å². The summed E-state index contributed by atoms with van der Waals surface area (Å²) in [5.74, 6) is 1.10. The first-order valence-corrected chi connectivity index (χ1v) is 13.2. The average molecular weight is 499 g/mol. The summed E-state index contributed by atoms with van der Waals surface area (Å²) >= 11 is 0. The quantitative estimate of drug-likeness (QED) is 0.278. The van der Waals surface area contributed by atoms with E-state index in [1.54, 1.807) is 6.92 Å². The van der Waals surface area contributed by atoms with Crippen molar-refractivity contribution in [2.45, 2.75) is 79.2 Å². The monoisotopic (exact) mass is 498 g/mol. The Balaban J connectivity index is 1.58. The Kier molecular flexibility index (Phi) is 9.40. The summed E-state index contributed by atoms with van der Waals surface area (Å²) in [6.45, 7) is 12.1. The molecule has 1 aromatic carbocycles. The van der Waals surface area contributed by atoms with E-state index in [1.807, 2.05) is 37.3 Å². The first-order chi connectivity index (χ1) is 17.0. The van der Waals surface area contributed by atoms with Crippen LogP contribution in [0.25, 0.3) is 11.0 Å². The van der Waals surface area contributed by atoms with Crippen molar-refractivity contribution in [1.29, 1.82) is 0 Å². The molecule has 0 spiro atoms. The zero-order chi connectivity index (χ0) is 26.5. The largest absolute Gasteiger partial charge is 0.461 e. The number of aliphatic hydroxyl groups excluding tert-OH is 1. The fraction of sp³-hybridized carbons (Fsp3) is 0.600. The molecule has 0 bridgehead atoms. The van der Waals surface area contributed by atoms with Crippen molar-refractivity contribution < 1.29 is 28.6 Å². The molecule has 3 rings (SSSR count). The van der Waals surface area contributed by atoms with E-state index in [2.05, 4.69) is 27.7 Å². The van der Waals surface area contributed by atoms with Crippen LogP contribution in [0.5, 0.6) is 0 Å². The number of benzene rings is 1. The lowest BCUT2D eigenvalue weighted by atomic mass is 9.86. The number of hydrogen-bond acceptors (Lipinski definition) is 6. The lowest BCUT2D eigenvalue weighted by molar-refractivity contribution is -0.168. The summed E-state index contributed by atoms with van der Waals surface area (Å²) in [6.07, 6.45) is 5.60. The number of aliphatic hydroxyl groups is 1. The number of carbonyl (C=O) groups excluding carboxylic acids is 2. The normalized spacial score (nSPS) is 20.2. The molecule has 198 valence electrons. The van der Waals surface area contributed by atoms with Crippen LogP contribution in [-0.4, -0.2) is 35.9 Å². The molecule has 1 aromatic heterocycles. The summed E-state index contributed by atoms with van der Waals surface area (Å²) in [7, 11) is 0. The molecular weight excluding hydrogens is 456 g/mol. The maximum Gasteiger partial charge on any atom is 0.334 e. The Hall–Kier alpha value is -2.60. The molecule has 1 saturated heterocycles. The Bertz CT molecular complexity index is 1070. The zero-order valence-electron chi connectivity index (χ0n) is 22.6. The van der Waals surface area contributed by atoms with Gasteiger partial charge < -0.3 is 19.0 Å². The highest BCUT2D eigenvalue weighted by molar-refractivity contribution is 5.91. The summed E-state index contributed by atoms with van der Waals surface area (Å²) in [5, 5.41) is 11.1. The van der Waals surface area contributed by atoms with Gasteiger partial charge in [0.05, 0.1) is 12.5 Å². The highest BCUT2D eigenvalue weighted by Crippen LogP contribution is 2.33. The average Bonchev–Trinajstić information content (AvgIpc) is 3.34. The van der Waals surface area contributed by atoms with Gasteiger partial charge in [-0.2, -0.15) is 0 Å². The standard InChI is InChI=1S/C30H42O6/c1-19(2)11-23(12-20(3)4)8-9-24-16-30(17-31,36-29(24)33)18-34-28(32)22(6)14-26-15-25-13-21(5)7-10-27(25)35-26/h7,9-10,13,15,19-20,22-23,31H,8,11-12,14,16-18H2,1-6H3/b24-9+/t22-,30+/m0/s1. The van der Waals surface area contributed by atoms with Crippen LogP contribution in [0.2, 0.25) is 0 Å². The maximum atomic E-state index is 12.7. The Morgan fingerprint density at radius 2 is 1.83 bits per heavy atom. The maximum absolute atomic E-state index is 12.7. The van der Waals surface area contributed by atoms with Crippen molar-refractivity contribution in [3.8, 4) is 0 Å². The van der Waals surface area contributed by atoms with Crippen LogP contribution in [0.3, 0.4) is 0 Å². The number of rotatable bonds is 12. The van der Waals surface area contributed by atoms with E-state index in [9.17, 15) is 14.7 Å². The minimum atomic E-state index is -1.22. The summed E-state index contributed by atoms with van der Waals surface area (Å²) in [4.78, 5) is 25.3. The fourth-order valence-corrected chi connectivity index (χ4v) is 5.07. The highest BCUT2D eigenvalue weighted by atomic mass is 16.6. The van der Waals surface area contributed by atoms with Gasteiger partial charge >= 0.3 is 11.9 Å². The van der Waals surface area contributed by atoms with Crippen molar-refractivity contribution in [3.63, 3.8) is 0 Å². The minimum absolute atomic E-state index is 0.170. The van der Waals surface area contributed by atoms with E-state index in [-0.39, 0.29) is 13.0 Å². The molecule has 1 aliphatic heterocycles. The Labute approximate surface area is 215 Å². The van der Waals surface area contributed by atoms with Gasteiger partial charge in [-0.1, -0.05) is 52.3 Å². The van der Waals surface area contributed by atoms with E-state index < -0.39 is 30.1 Å². The van der Waals surface area contributed by atoms with E-state index in [0.29, 0.717) is 35.5 Å². The highest BCUT2D eigenvalue weighted by Gasteiger charge is 2.44. The van der Waals surface area contributed by atoms with Gasteiger partial charge in [0.1, 0.15) is 18.0 Å². The van der Waals surface area contributed by atoms with Crippen LogP contribution in [0.15, 0.2) is 40.3 Å².